The van der Waals surface area contributed by atoms with Gasteiger partial charge in [-0.25, -0.2) is 0 Å². The van der Waals surface area contributed by atoms with Gasteiger partial charge >= 0.3 is 0 Å². The molecule has 1 aliphatic heterocycles. The number of ketones is 2. The minimum atomic E-state index is 0.0348. The Bertz CT molecular complexity index is 363. The van der Waals surface area contributed by atoms with E-state index in [0.717, 1.165) is 0 Å². The molecule has 0 radical (unpaired) electrons. The van der Waals surface area contributed by atoms with Gasteiger partial charge < -0.3 is 4.74 Å². The standard InChI is InChI=1S/C12H14O3/c1-7-8(2)12(14)10-4-6-15-5-3-9(10)11(7)13/h3-6H2,1-2H3. The van der Waals surface area contributed by atoms with Gasteiger partial charge in [0, 0.05) is 35.1 Å². The normalized spacial score (nSPS) is 23.1. The molecule has 0 amide bonds. The maximum atomic E-state index is 11.9. The van der Waals surface area contributed by atoms with Crippen molar-refractivity contribution in [1.82, 2.24) is 0 Å². The van der Waals surface area contributed by atoms with Gasteiger partial charge in [-0.15, -0.1) is 0 Å². The number of hydrogen-bond acceptors (Lipinski definition) is 3. The molecule has 0 aromatic heterocycles. The molecule has 0 aromatic rings. The predicted molar refractivity (Wildman–Crippen MR) is 55.5 cm³/mol. The Kier molecular flexibility index (Phi) is 2.57. The van der Waals surface area contributed by atoms with Crippen LogP contribution in [0.4, 0.5) is 0 Å². The second-order valence-electron chi connectivity index (χ2n) is 3.98. The fourth-order valence-electron chi connectivity index (χ4n) is 2.05. The Hall–Kier alpha value is -1.22. The van der Waals surface area contributed by atoms with Gasteiger partial charge in [-0.05, 0) is 13.8 Å². The third-order valence-electron chi connectivity index (χ3n) is 3.15. The summed E-state index contributed by atoms with van der Waals surface area (Å²) in [5.41, 5.74) is 2.56. The van der Waals surface area contributed by atoms with E-state index in [9.17, 15) is 9.59 Å². The third kappa shape index (κ3) is 1.57. The molecule has 0 aromatic carbocycles. The van der Waals surface area contributed by atoms with Crippen molar-refractivity contribution in [3.63, 3.8) is 0 Å². The Morgan fingerprint density at radius 2 is 1.27 bits per heavy atom. The molecule has 0 saturated heterocycles. The summed E-state index contributed by atoms with van der Waals surface area (Å²) in [6.45, 7) is 4.55. The lowest BCUT2D eigenvalue weighted by atomic mass is 9.83. The largest absolute Gasteiger partial charge is 0.381 e. The summed E-state index contributed by atoms with van der Waals surface area (Å²) in [6.07, 6.45) is 1.15. The quantitative estimate of drug-likeness (QED) is 0.565. The Balaban J connectivity index is 2.47. The molecule has 1 heterocycles. The van der Waals surface area contributed by atoms with Gasteiger partial charge in [-0.1, -0.05) is 0 Å². The summed E-state index contributed by atoms with van der Waals surface area (Å²) >= 11 is 0. The first-order valence-electron chi connectivity index (χ1n) is 5.19. The molecule has 0 fully saturated rings. The van der Waals surface area contributed by atoms with E-state index < -0.39 is 0 Å². The first-order chi connectivity index (χ1) is 7.13. The summed E-state index contributed by atoms with van der Waals surface area (Å²) in [6, 6.07) is 0. The number of hydrogen-bond donors (Lipinski definition) is 0. The number of Topliss-reactive ketones (excluding diaryl/α,β-unsaturated/α-hetero) is 2. The van der Waals surface area contributed by atoms with Crippen LogP contribution in [0.15, 0.2) is 22.3 Å². The van der Waals surface area contributed by atoms with Gasteiger partial charge in [0.2, 0.25) is 0 Å². The lowest BCUT2D eigenvalue weighted by molar-refractivity contribution is -0.116. The van der Waals surface area contributed by atoms with E-state index >= 15 is 0 Å². The van der Waals surface area contributed by atoms with Crippen LogP contribution in [-0.4, -0.2) is 24.8 Å². The molecule has 15 heavy (non-hydrogen) atoms. The Morgan fingerprint density at radius 3 is 1.67 bits per heavy atom. The van der Waals surface area contributed by atoms with Crippen molar-refractivity contribution in [2.45, 2.75) is 26.7 Å². The molecular formula is C12H14O3. The fraction of sp³-hybridized carbons (Fsp3) is 0.500. The van der Waals surface area contributed by atoms with Crippen molar-refractivity contribution < 1.29 is 14.3 Å². The second-order valence-corrected chi connectivity index (χ2v) is 3.98. The first-order valence-corrected chi connectivity index (χ1v) is 5.19. The van der Waals surface area contributed by atoms with Gasteiger partial charge in [-0.2, -0.15) is 0 Å². The van der Waals surface area contributed by atoms with Crippen LogP contribution in [0.2, 0.25) is 0 Å². The van der Waals surface area contributed by atoms with Crippen LogP contribution in [-0.2, 0) is 14.3 Å². The topological polar surface area (TPSA) is 43.4 Å². The van der Waals surface area contributed by atoms with Crippen LogP contribution < -0.4 is 0 Å². The monoisotopic (exact) mass is 206 g/mol. The van der Waals surface area contributed by atoms with Crippen molar-refractivity contribution >= 4 is 11.6 Å². The fourth-order valence-corrected chi connectivity index (χ4v) is 2.05. The lowest BCUT2D eigenvalue weighted by Gasteiger charge is -2.18. The molecule has 3 heteroatoms. The van der Waals surface area contributed by atoms with E-state index in [2.05, 4.69) is 0 Å². The van der Waals surface area contributed by atoms with E-state index in [1.54, 1.807) is 13.8 Å². The predicted octanol–water partition coefficient (Wildman–Crippen LogP) is 1.58. The van der Waals surface area contributed by atoms with Gasteiger partial charge in [0.15, 0.2) is 11.6 Å². The number of rotatable bonds is 0. The summed E-state index contributed by atoms with van der Waals surface area (Å²) in [4.78, 5) is 23.9. The minimum Gasteiger partial charge on any atom is -0.381 e. The van der Waals surface area contributed by atoms with Crippen molar-refractivity contribution in [1.29, 1.82) is 0 Å². The zero-order valence-corrected chi connectivity index (χ0v) is 9.05. The lowest BCUT2D eigenvalue weighted by Crippen LogP contribution is -2.21. The zero-order chi connectivity index (χ0) is 11.0. The van der Waals surface area contributed by atoms with Crippen LogP contribution in [0.5, 0.6) is 0 Å². The van der Waals surface area contributed by atoms with Crippen LogP contribution in [0.3, 0.4) is 0 Å². The van der Waals surface area contributed by atoms with E-state index in [4.69, 9.17) is 4.74 Å². The number of carbonyl (C=O) groups is 2. The smallest absolute Gasteiger partial charge is 0.185 e. The number of allylic oxidation sites excluding steroid dienone is 2. The maximum Gasteiger partial charge on any atom is 0.185 e. The van der Waals surface area contributed by atoms with Crippen molar-refractivity contribution in [2.24, 2.45) is 0 Å². The molecule has 0 atom stereocenters. The summed E-state index contributed by atoms with van der Waals surface area (Å²) in [5, 5.41) is 0. The van der Waals surface area contributed by atoms with E-state index in [1.807, 2.05) is 0 Å². The maximum absolute atomic E-state index is 11.9. The Labute approximate surface area is 88.8 Å². The summed E-state index contributed by atoms with van der Waals surface area (Å²) < 4.78 is 5.29. The van der Waals surface area contributed by atoms with Gasteiger partial charge in [0.05, 0.1) is 13.2 Å². The highest BCUT2D eigenvalue weighted by atomic mass is 16.5. The van der Waals surface area contributed by atoms with Gasteiger partial charge in [-0.3, -0.25) is 9.59 Å². The number of carbonyl (C=O) groups excluding carboxylic acids is 2. The third-order valence-corrected chi connectivity index (χ3v) is 3.15. The molecule has 0 unspecified atom stereocenters. The average molecular weight is 206 g/mol. The van der Waals surface area contributed by atoms with Crippen molar-refractivity contribution in [3.05, 3.63) is 22.3 Å². The molecule has 0 N–H and O–H groups in total. The molecule has 2 rings (SSSR count). The van der Waals surface area contributed by atoms with Gasteiger partial charge in [0.25, 0.3) is 0 Å². The van der Waals surface area contributed by atoms with Gasteiger partial charge in [0.1, 0.15) is 0 Å². The molecule has 3 nitrogen and oxygen atoms in total. The summed E-state index contributed by atoms with van der Waals surface area (Å²) in [7, 11) is 0. The highest BCUT2D eigenvalue weighted by Gasteiger charge is 2.30. The van der Waals surface area contributed by atoms with Crippen molar-refractivity contribution in [3.8, 4) is 0 Å². The highest BCUT2D eigenvalue weighted by Crippen LogP contribution is 2.29. The van der Waals surface area contributed by atoms with E-state index in [0.29, 0.717) is 48.3 Å². The molecule has 1 aliphatic carbocycles. The average Bonchev–Trinajstić information content (AvgIpc) is 2.48. The van der Waals surface area contributed by atoms with Crippen molar-refractivity contribution in [2.75, 3.05) is 13.2 Å². The van der Waals surface area contributed by atoms with Crippen LogP contribution in [0.25, 0.3) is 0 Å². The molecule has 0 bridgehead atoms. The van der Waals surface area contributed by atoms with Crippen LogP contribution in [0, 0.1) is 0 Å². The zero-order valence-electron chi connectivity index (χ0n) is 9.05. The Morgan fingerprint density at radius 1 is 0.867 bits per heavy atom. The molecule has 0 spiro atoms. The van der Waals surface area contributed by atoms with E-state index in [-0.39, 0.29) is 11.6 Å². The molecular weight excluding hydrogens is 192 g/mol. The van der Waals surface area contributed by atoms with Crippen LogP contribution in [0.1, 0.15) is 26.7 Å². The van der Waals surface area contributed by atoms with Crippen LogP contribution >= 0.6 is 0 Å². The first kappa shape index (κ1) is 10.3. The minimum absolute atomic E-state index is 0.0348. The molecule has 2 aliphatic rings. The summed E-state index contributed by atoms with van der Waals surface area (Å²) in [5.74, 6) is 0.0696. The molecule has 0 saturated carbocycles. The number of ether oxygens (including phenoxy) is 1. The second kappa shape index (κ2) is 3.74. The van der Waals surface area contributed by atoms with E-state index in [1.165, 1.54) is 0 Å². The molecule has 80 valence electrons. The SMILES string of the molecule is CC1=C(C)C(=O)C2=C(CCOCC2)C1=O. The highest BCUT2D eigenvalue weighted by molar-refractivity contribution is 6.24.